The number of aromatic nitrogens is 3. The van der Waals surface area contributed by atoms with Gasteiger partial charge in [-0.05, 0) is 24.3 Å². The number of rotatable bonds is 1. The van der Waals surface area contributed by atoms with Crippen LogP contribution in [0.5, 0.6) is 0 Å². The second kappa shape index (κ2) is 3.41. The molecule has 1 heterocycles. The van der Waals surface area contributed by atoms with Crippen LogP contribution in [0.4, 0.5) is 11.6 Å². The van der Waals surface area contributed by atoms with Crippen molar-refractivity contribution in [2.45, 2.75) is 0 Å². The van der Waals surface area contributed by atoms with Crippen LogP contribution in [0.1, 0.15) is 10.4 Å². The first kappa shape index (κ1) is 9.20. The van der Waals surface area contributed by atoms with E-state index < -0.39 is 0 Å². The van der Waals surface area contributed by atoms with Crippen LogP contribution in [0.3, 0.4) is 0 Å². The summed E-state index contributed by atoms with van der Waals surface area (Å²) in [5, 5.41) is 3.71. The fraction of sp³-hybridized carbons (Fsp3) is 0. The number of anilines is 2. The van der Waals surface area contributed by atoms with E-state index in [2.05, 4.69) is 10.1 Å². The van der Waals surface area contributed by atoms with Crippen molar-refractivity contribution in [1.82, 2.24) is 14.8 Å². The SMILES string of the molecule is Nc1ccc(C(=O)n2cnc(N)n2)cc1. The van der Waals surface area contributed by atoms with Crippen LogP contribution in [0.15, 0.2) is 30.6 Å². The Kier molecular flexibility index (Phi) is 2.09. The normalized spacial score (nSPS) is 10.1. The third-order valence-corrected chi connectivity index (χ3v) is 1.88. The standard InChI is InChI=1S/C9H9N5O/c10-7-3-1-6(2-4-7)8(15)14-5-12-9(11)13-14/h1-5H,10H2,(H2,11,13). The first-order valence-electron chi connectivity index (χ1n) is 4.24. The lowest BCUT2D eigenvalue weighted by Crippen LogP contribution is -2.12. The second-order valence-corrected chi connectivity index (χ2v) is 2.97. The third kappa shape index (κ3) is 1.78. The van der Waals surface area contributed by atoms with Crippen LogP contribution < -0.4 is 11.5 Å². The smallest absolute Gasteiger partial charge is 0.279 e. The summed E-state index contributed by atoms with van der Waals surface area (Å²) in [7, 11) is 0. The van der Waals surface area contributed by atoms with Gasteiger partial charge < -0.3 is 11.5 Å². The fourth-order valence-corrected chi connectivity index (χ4v) is 1.13. The van der Waals surface area contributed by atoms with E-state index in [9.17, 15) is 4.79 Å². The minimum Gasteiger partial charge on any atom is -0.399 e. The molecule has 0 fully saturated rings. The lowest BCUT2D eigenvalue weighted by Gasteiger charge is -1.99. The molecule has 0 saturated heterocycles. The van der Waals surface area contributed by atoms with Crippen molar-refractivity contribution in [1.29, 1.82) is 0 Å². The highest BCUT2D eigenvalue weighted by Crippen LogP contribution is 2.07. The molecule has 0 aliphatic rings. The highest BCUT2D eigenvalue weighted by atomic mass is 16.2. The van der Waals surface area contributed by atoms with Crippen LogP contribution >= 0.6 is 0 Å². The molecule has 0 spiro atoms. The van der Waals surface area contributed by atoms with Crippen molar-refractivity contribution >= 4 is 17.5 Å². The Morgan fingerprint density at radius 3 is 2.40 bits per heavy atom. The first-order valence-corrected chi connectivity index (χ1v) is 4.24. The van der Waals surface area contributed by atoms with Gasteiger partial charge in [0.05, 0.1) is 0 Å². The summed E-state index contributed by atoms with van der Waals surface area (Å²) >= 11 is 0. The highest BCUT2D eigenvalue weighted by Gasteiger charge is 2.09. The van der Waals surface area contributed by atoms with Crippen LogP contribution in [-0.4, -0.2) is 20.7 Å². The van der Waals surface area contributed by atoms with Gasteiger partial charge in [0, 0.05) is 11.3 Å². The third-order valence-electron chi connectivity index (χ3n) is 1.88. The van der Waals surface area contributed by atoms with E-state index in [-0.39, 0.29) is 11.9 Å². The van der Waals surface area contributed by atoms with Crippen molar-refractivity contribution in [3.05, 3.63) is 36.2 Å². The summed E-state index contributed by atoms with van der Waals surface area (Å²) in [6.45, 7) is 0. The number of nitrogens with zero attached hydrogens (tertiary/aromatic N) is 3. The van der Waals surface area contributed by atoms with Gasteiger partial charge >= 0.3 is 0 Å². The number of carbonyl (C=O) groups is 1. The fourth-order valence-electron chi connectivity index (χ4n) is 1.13. The average Bonchev–Trinajstić information content (AvgIpc) is 2.65. The number of nitrogen functional groups attached to an aromatic ring is 2. The number of hydrogen-bond donors (Lipinski definition) is 2. The van der Waals surface area contributed by atoms with E-state index >= 15 is 0 Å². The van der Waals surface area contributed by atoms with Gasteiger partial charge in [0.25, 0.3) is 5.91 Å². The van der Waals surface area contributed by atoms with Gasteiger partial charge in [0.1, 0.15) is 6.33 Å². The largest absolute Gasteiger partial charge is 0.399 e. The maximum absolute atomic E-state index is 11.7. The number of carbonyl (C=O) groups excluding carboxylic acids is 1. The zero-order chi connectivity index (χ0) is 10.8. The molecule has 0 unspecified atom stereocenters. The minimum absolute atomic E-state index is 0.0683. The summed E-state index contributed by atoms with van der Waals surface area (Å²) in [4.78, 5) is 15.4. The Balaban J connectivity index is 2.32. The predicted octanol–water partition coefficient (Wildman–Crippen LogP) is 0.131. The molecule has 4 N–H and O–H groups in total. The van der Waals surface area contributed by atoms with E-state index in [1.165, 1.54) is 6.33 Å². The first-order chi connectivity index (χ1) is 7.16. The molecule has 2 aromatic rings. The van der Waals surface area contributed by atoms with Crippen LogP contribution in [0.2, 0.25) is 0 Å². The molecule has 0 aliphatic carbocycles. The molecule has 0 bridgehead atoms. The number of benzene rings is 1. The Labute approximate surface area is 85.5 Å². The average molecular weight is 203 g/mol. The Morgan fingerprint density at radius 1 is 1.20 bits per heavy atom. The van der Waals surface area contributed by atoms with Gasteiger partial charge in [-0.15, -0.1) is 5.10 Å². The zero-order valence-electron chi connectivity index (χ0n) is 7.79. The molecule has 1 aromatic heterocycles. The molecule has 15 heavy (non-hydrogen) atoms. The van der Waals surface area contributed by atoms with Gasteiger partial charge in [-0.1, -0.05) is 0 Å². The molecule has 6 nitrogen and oxygen atoms in total. The molecular weight excluding hydrogens is 194 g/mol. The van der Waals surface area contributed by atoms with Crippen LogP contribution in [0, 0.1) is 0 Å². The summed E-state index contributed by atoms with van der Waals surface area (Å²) in [5.41, 5.74) is 11.9. The highest BCUT2D eigenvalue weighted by molar-refractivity contribution is 5.95. The minimum atomic E-state index is -0.292. The molecule has 2 rings (SSSR count). The van der Waals surface area contributed by atoms with Gasteiger partial charge in [-0.2, -0.15) is 4.68 Å². The van der Waals surface area contributed by atoms with E-state index in [1.54, 1.807) is 24.3 Å². The van der Waals surface area contributed by atoms with E-state index in [1.807, 2.05) is 0 Å². The molecule has 6 heteroatoms. The second-order valence-electron chi connectivity index (χ2n) is 2.97. The Morgan fingerprint density at radius 2 is 1.87 bits per heavy atom. The van der Waals surface area contributed by atoms with Crippen molar-refractivity contribution in [3.8, 4) is 0 Å². The van der Waals surface area contributed by atoms with Crippen molar-refractivity contribution in [2.24, 2.45) is 0 Å². The van der Waals surface area contributed by atoms with Gasteiger partial charge in [0.15, 0.2) is 0 Å². The molecule has 0 amide bonds. The zero-order valence-corrected chi connectivity index (χ0v) is 7.79. The molecule has 76 valence electrons. The van der Waals surface area contributed by atoms with Crippen molar-refractivity contribution in [2.75, 3.05) is 11.5 Å². The maximum atomic E-state index is 11.7. The molecule has 0 aliphatic heterocycles. The molecule has 0 atom stereocenters. The molecule has 0 radical (unpaired) electrons. The number of nitrogens with two attached hydrogens (primary N) is 2. The quantitative estimate of drug-likeness (QED) is 0.642. The lowest BCUT2D eigenvalue weighted by atomic mass is 10.2. The van der Waals surface area contributed by atoms with Gasteiger partial charge in [0.2, 0.25) is 5.95 Å². The Bertz CT molecular complexity index is 487. The molecular formula is C9H9N5O. The van der Waals surface area contributed by atoms with Crippen molar-refractivity contribution in [3.63, 3.8) is 0 Å². The molecule has 0 saturated carbocycles. The van der Waals surface area contributed by atoms with Gasteiger partial charge in [-0.3, -0.25) is 4.79 Å². The van der Waals surface area contributed by atoms with Crippen LogP contribution in [0.25, 0.3) is 0 Å². The van der Waals surface area contributed by atoms with E-state index in [4.69, 9.17) is 11.5 Å². The lowest BCUT2D eigenvalue weighted by molar-refractivity contribution is 0.0945. The topological polar surface area (TPSA) is 99.8 Å². The van der Waals surface area contributed by atoms with E-state index in [0.29, 0.717) is 11.3 Å². The summed E-state index contributed by atoms with van der Waals surface area (Å²) in [6.07, 6.45) is 1.27. The van der Waals surface area contributed by atoms with Crippen LogP contribution in [-0.2, 0) is 0 Å². The number of hydrogen-bond acceptors (Lipinski definition) is 5. The molecule has 1 aromatic carbocycles. The summed E-state index contributed by atoms with van der Waals surface area (Å²) < 4.78 is 1.08. The predicted molar refractivity (Wildman–Crippen MR) is 55.0 cm³/mol. The summed E-state index contributed by atoms with van der Waals surface area (Å²) in [6, 6.07) is 6.53. The monoisotopic (exact) mass is 203 g/mol. The van der Waals surface area contributed by atoms with E-state index in [0.717, 1.165) is 4.68 Å². The summed E-state index contributed by atoms with van der Waals surface area (Å²) in [5.74, 6) is -0.224. The van der Waals surface area contributed by atoms with Gasteiger partial charge in [-0.25, -0.2) is 4.98 Å². The Hall–Kier alpha value is -2.37. The maximum Gasteiger partial charge on any atom is 0.279 e. The van der Waals surface area contributed by atoms with Crippen molar-refractivity contribution < 1.29 is 4.79 Å².